The van der Waals surface area contributed by atoms with Crippen LogP contribution in [0.4, 0.5) is 11.4 Å². The lowest BCUT2D eigenvalue weighted by atomic mass is 10.1. The summed E-state index contributed by atoms with van der Waals surface area (Å²) in [5.41, 5.74) is 1.57. The van der Waals surface area contributed by atoms with Gasteiger partial charge in [0.2, 0.25) is 0 Å². The fourth-order valence-corrected chi connectivity index (χ4v) is 2.77. The second-order valence-electron chi connectivity index (χ2n) is 5.78. The van der Waals surface area contributed by atoms with Crippen LogP contribution in [0.1, 0.15) is 29.8 Å². The van der Waals surface area contributed by atoms with E-state index in [9.17, 15) is 14.9 Å². The Bertz CT molecular complexity index is 834. The molecule has 7 nitrogen and oxygen atoms in total. The van der Waals surface area contributed by atoms with Gasteiger partial charge in [-0.25, -0.2) is 0 Å². The third-order valence-corrected chi connectivity index (χ3v) is 3.87. The van der Waals surface area contributed by atoms with Crippen LogP contribution < -0.4 is 14.8 Å². The van der Waals surface area contributed by atoms with Gasteiger partial charge in [0, 0.05) is 35.7 Å². The molecule has 1 aliphatic rings. The summed E-state index contributed by atoms with van der Waals surface area (Å²) in [6, 6.07) is 9.18. The van der Waals surface area contributed by atoms with Crippen molar-refractivity contribution in [1.82, 2.24) is 0 Å². The van der Waals surface area contributed by atoms with Crippen molar-refractivity contribution in [3.63, 3.8) is 0 Å². The number of amides is 1. The molecule has 0 bridgehead atoms. The van der Waals surface area contributed by atoms with Crippen LogP contribution in [0, 0.1) is 10.1 Å². The minimum atomic E-state index is -0.535. The predicted molar refractivity (Wildman–Crippen MR) is 92.5 cm³/mol. The third kappa shape index (κ3) is 3.55. The van der Waals surface area contributed by atoms with Gasteiger partial charge in [0.15, 0.2) is 0 Å². The molecule has 0 saturated heterocycles. The molecule has 1 N–H and O–H groups in total. The van der Waals surface area contributed by atoms with Crippen molar-refractivity contribution < 1.29 is 19.2 Å². The summed E-state index contributed by atoms with van der Waals surface area (Å²) < 4.78 is 11.3. The van der Waals surface area contributed by atoms with E-state index in [1.165, 1.54) is 24.3 Å². The number of anilines is 1. The third-order valence-electron chi connectivity index (χ3n) is 3.87. The van der Waals surface area contributed by atoms with Gasteiger partial charge in [-0.15, -0.1) is 0 Å². The lowest BCUT2D eigenvalue weighted by Gasteiger charge is -2.13. The van der Waals surface area contributed by atoms with Crippen LogP contribution in [0.15, 0.2) is 36.4 Å². The second kappa shape index (κ2) is 6.80. The molecule has 1 atom stereocenters. The minimum Gasteiger partial charge on any atom is -0.492 e. The molecule has 0 spiro atoms. The molecular weight excluding hydrogens is 324 g/mol. The van der Waals surface area contributed by atoms with Gasteiger partial charge in [-0.3, -0.25) is 14.9 Å². The zero-order valence-corrected chi connectivity index (χ0v) is 13.9. The molecule has 1 unspecified atom stereocenters. The summed E-state index contributed by atoms with van der Waals surface area (Å²) in [4.78, 5) is 22.8. The van der Waals surface area contributed by atoms with Crippen molar-refractivity contribution in [2.24, 2.45) is 0 Å². The Labute approximate surface area is 144 Å². The number of nitrogens with one attached hydrogen (secondary N) is 1. The van der Waals surface area contributed by atoms with E-state index < -0.39 is 10.8 Å². The highest BCUT2D eigenvalue weighted by atomic mass is 16.6. The first-order valence-corrected chi connectivity index (χ1v) is 8.00. The predicted octanol–water partition coefficient (Wildman–Crippen LogP) is 3.57. The Morgan fingerprint density at radius 1 is 1.40 bits per heavy atom. The molecule has 130 valence electrons. The smallest absolute Gasteiger partial charge is 0.270 e. The highest BCUT2D eigenvalue weighted by Crippen LogP contribution is 2.38. The maximum atomic E-state index is 12.5. The number of nitro groups is 1. The first-order valence-electron chi connectivity index (χ1n) is 8.00. The number of ether oxygens (including phenoxy) is 2. The Morgan fingerprint density at radius 3 is 2.92 bits per heavy atom. The summed E-state index contributed by atoms with van der Waals surface area (Å²) in [5.74, 6) is 0.818. The number of nitro benzene ring substituents is 1. The average molecular weight is 342 g/mol. The number of fused-ring (bicyclic) bond motifs is 1. The summed E-state index contributed by atoms with van der Waals surface area (Å²) in [6.07, 6.45) is 0.862. The zero-order valence-electron chi connectivity index (χ0n) is 13.9. The molecule has 2 aromatic rings. The van der Waals surface area contributed by atoms with Crippen molar-refractivity contribution in [2.75, 3.05) is 11.9 Å². The minimum absolute atomic E-state index is 0.0761. The molecule has 1 heterocycles. The number of carbonyl (C=O) groups excluding carboxylic acids is 1. The van der Waals surface area contributed by atoms with Crippen molar-refractivity contribution in [2.45, 2.75) is 26.4 Å². The van der Waals surface area contributed by atoms with Crippen LogP contribution in [-0.4, -0.2) is 23.5 Å². The molecule has 0 radical (unpaired) electrons. The zero-order chi connectivity index (χ0) is 18.0. The summed E-state index contributed by atoms with van der Waals surface area (Å²) >= 11 is 0. The van der Waals surface area contributed by atoms with Gasteiger partial charge < -0.3 is 14.8 Å². The Morgan fingerprint density at radius 2 is 2.20 bits per heavy atom. The standard InChI is InChI=1S/C18H18N2O5/c1-3-24-17-9-13-7-11(2)25-16(13)10-15(17)19-18(21)12-5-4-6-14(8-12)20(22)23/h4-6,8-11H,3,7H2,1-2H3,(H,19,21). The van der Waals surface area contributed by atoms with E-state index in [4.69, 9.17) is 9.47 Å². The maximum absolute atomic E-state index is 12.5. The van der Waals surface area contributed by atoms with Crippen LogP contribution in [0.5, 0.6) is 11.5 Å². The highest BCUT2D eigenvalue weighted by molar-refractivity contribution is 6.05. The lowest BCUT2D eigenvalue weighted by Crippen LogP contribution is -2.13. The first-order chi connectivity index (χ1) is 12.0. The molecule has 2 aromatic carbocycles. The van der Waals surface area contributed by atoms with E-state index in [1.54, 1.807) is 6.07 Å². The summed E-state index contributed by atoms with van der Waals surface area (Å²) in [5, 5.41) is 13.6. The maximum Gasteiger partial charge on any atom is 0.270 e. The summed E-state index contributed by atoms with van der Waals surface area (Å²) in [7, 11) is 0. The highest BCUT2D eigenvalue weighted by Gasteiger charge is 2.23. The van der Waals surface area contributed by atoms with E-state index in [0.717, 1.165) is 12.0 Å². The summed E-state index contributed by atoms with van der Waals surface area (Å²) in [6.45, 7) is 4.29. The number of nitrogens with zero attached hydrogens (tertiary/aromatic N) is 1. The topological polar surface area (TPSA) is 90.7 Å². The fourth-order valence-electron chi connectivity index (χ4n) is 2.77. The van der Waals surface area contributed by atoms with Crippen LogP contribution >= 0.6 is 0 Å². The van der Waals surface area contributed by atoms with Crippen LogP contribution in [-0.2, 0) is 6.42 Å². The first kappa shape index (κ1) is 16.8. The van der Waals surface area contributed by atoms with E-state index in [1.807, 2.05) is 19.9 Å². The molecule has 3 rings (SSSR count). The van der Waals surface area contributed by atoms with E-state index in [-0.39, 0.29) is 17.4 Å². The van der Waals surface area contributed by atoms with Crippen LogP contribution in [0.2, 0.25) is 0 Å². The number of non-ortho nitro benzene ring substituents is 1. The van der Waals surface area contributed by atoms with E-state index in [2.05, 4.69) is 5.32 Å². The number of rotatable bonds is 5. The molecule has 25 heavy (non-hydrogen) atoms. The fraction of sp³-hybridized carbons (Fsp3) is 0.278. The Balaban J connectivity index is 1.89. The largest absolute Gasteiger partial charge is 0.492 e. The van der Waals surface area contributed by atoms with Crippen molar-refractivity contribution in [3.05, 3.63) is 57.6 Å². The number of hydrogen-bond donors (Lipinski definition) is 1. The van der Waals surface area contributed by atoms with Gasteiger partial charge in [0.05, 0.1) is 17.2 Å². The molecule has 0 fully saturated rings. The monoisotopic (exact) mass is 342 g/mol. The molecule has 0 aliphatic carbocycles. The normalized spacial score (nSPS) is 15.2. The number of hydrogen-bond acceptors (Lipinski definition) is 5. The van der Waals surface area contributed by atoms with Crippen molar-refractivity contribution in [3.8, 4) is 11.5 Å². The number of benzene rings is 2. The Hall–Kier alpha value is -3.09. The molecule has 1 aliphatic heterocycles. The molecule has 1 amide bonds. The Kier molecular flexibility index (Phi) is 4.56. The van der Waals surface area contributed by atoms with Gasteiger partial charge in [-0.1, -0.05) is 6.07 Å². The average Bonchev–Trinajstić information content (AvgIpc) is 2.94. The van der Waals surface area contributed by atoms with Gasteiger partial charge in [0.1, 0.15) is 17.6 Å². The van der Waals surface area contributed by atoms with Crippen LogP contribution in [0.25, 0.3) is 0 Å². The number of carbonyl (C=O) groups is 1. The van der Waals surface area contributed by atoms with Gasteiger partial charge in [-0.05, 0) is 26.0 Å². The lowest BCUT2D eigenvalue weighted by molar-refractivity contribution is -0.384. The molecule has 0 saturated carbocycles. The second-order valence-corrected chi connectivity index (χ2v) is 5.78. The van der Waals surface area contributed by atoms with E-state index >= 15 is 0 Å². The molecule has 7 heteroatoms. The van der Waals surface area contributed by atoms with Crippen molar-refractivity contribution >= 4 is 17.3 Å². The van der Waals surface area contributed by atoms with E-state index in [0.29, 0.717) is 23.8 Å². The molecule has 0 aromatic heterocycles. The SMILES string of the molecule is CCOc1cc2c(cc1NC(=O)c1cccc([N+](=O)[O-])c1)OC(C)C2. The van der Waals surface area contributed by atoms with Gasteiger partial charge in [-0.2, -0.15) is 0 Å². The van der Waals surface area contributed by atoms with Gasteiger partial charge >= 0.3 is 0 Å². The quantitative estimate of drug-likeness (QED) is 0.662. The molecular formula is C18H18N2O5. The van der Waals surface area contributed by atoms with Gasteiger partial charge in [0.25, 0.3) is 11.6 Å². The van der Waals surface area contributed by atoms with Crippen LogP contribution in [0.3, 0.4) is 0 Å². The van der Waals surface area contributed by atoms with Crippen molar-refractivity contribution in [1.29, 1.82) is 0 Å².